The van der Waals surface area contributed by atoms with Crippen LogP contribution >= 0.6 is 0 Å². The van der Waals surface area contributed by atoms with Crippen LogP contribution in [0.4, 0.5) is 0 Å². The fourth-order valence-electron chi connectivity index (χ4n) is 3.00. The maximum absolute atomic E-state index is 10.9. The lowest BCUT2D eigenvalue weighted by Crippen LogP contribution is -2.45. The maximum Gasteiger partial charge on any atom is 0.302 e. The van der Waals surface area contributed by atoms with Gasteiger partial charge in [-0.15, -0.1) is 5.54 Å². The van der Waals surface area contributed by atoms with Crippen LogP contribution in [0, 0.1) is 11.5 Å². The minimum absolute atomic E-state index is 0.301. The quantitative estimate of drug-likeness (QED) is 0.449. The molecule has 0 spiro atoms. The summed E-state index contributed by atoms with van der Waals surface area (Å²) in [5.74, 6) is 2.33. The zero-order valence-electron chi connectivity index (χ0n) is 14.4. The van der Waals surface area contributed by atoms with Crippen LogP contribution in [0.25, 0.3) is 0 Å². The van der Waals surface area contributed by atoms with E-state index in [2.05, 4.69) is 53.0 Å². The molecule has 0 heterocycles. The minimum atomic E-state index is -1.98. The molecule has 0 aromatic carbocycles. The molecule has 4 nitrogen and oxygen atoms in total. The Morgan fingerprint density at radius 2 is 1.57 bits per heavy atom. The first-order valence-corrected chi connectivity index (χ1v) is 9.76. The van der Waals surface area contributed by atoms with Crippen molar-refractivity contribution in [2.24, 2.45) is 0 Å². The molecule has 0 aromatic rings. The Hall–Kier alpha value is -0.833. The SMILES string of the molecule is CC(=O)OC[C@@](O)(C#C[Si](C(C)C)(C(C)C)C(C)C)CO. The molecule has 0 bridgehead atoms. The molecule has 0 saturated carbocycles. The number of ether oxygens (including phenoxy) is 1. The fraction of sp³-hybridized carbons (Fsp3) is 0.812. The van der Waals surface area contributed by atoms with E-state index in [0.717, 1.165) is 0 Å². The minimum Gasteiger partial charge on any atom is -0.462 e. The Balaban J connectivity index is 5.56. The summed E-state index contributed by atoms with van der Waals surface area (Å²) in [6.45, 7) is 13.4. The number of carbonyl (C=O) groups excluding carboxylic acids is 1. The lowest BCUT2D eigenvalue weighted by atomic mass is 10.1. The molecular formula is C16H30O4Si. The number of aliphatic hydroxyl groups excluding tert-OH is 1. The summed E-state index contributed by atoms with van der Waals surface area (Å²) in [5.41, 5.74) is 2.95. The normalized spacial score (nSPS) is 14.9. The molecule has 0 aliphatic rings. The molecule has 122 valence electrons. The van der Waals surface area contributed by atoms with Crippen molar-refractivity contribution in [3.63, 3.8) is 0 Å². The molecule has 0 aliphatic carbocycles. The Morgan fingerprint density at radius 1 is 1.14 bits per heavy atom. The first-order valence-electron chi connectivity index (χ1n) is 7.52. The highest BCUT2D eigenvalue weighted by Gasteiger charge is 2.42. The van der Waals surface area contributed by atoms with E-state index in [4.69, 9.17) is 4.74 Å². The summed E-state index contributed by atoms with van der Waals surface area (Å²) in [7, 11) is -1.98. The van der Waals surface area contributed by atoms with Crippen LogP contribution in [-0.4, -0.2) is 43.1 Å². The van der Waals surface area contributed by atoms with Crippen LogP contribution in [-0.2, 0) is 9.53 Å². The van der Waals surface area contributed by atoms with E-state index in [0.29, 0.717) is 16.6 Å². The largest absolute Gasteiger partial charge is 0.462 e. The number of esters is 1. The van der Waals surface area contributed by atoms with E-state index in [1.807, 2.05) is 0 Å². The van der Waals surface area contributed by atoms with E-state index >= 15 is 0 Å². The maximum atomic E-state index is 10.9. The first-order chi connectivity index (χ1) is 9.51. The van der Waals surface area contributed by atoms with Gasteiger partial charge in [-0.3, -0.25) is 4.79 Å². The lowest BCUT2D eigenvalue weighted by Gasteiger charge is -2.38. The van der Waals surface area contributed by atoms with Crippen LogP contribution in [0.2, 0.25) is 16.6 Å². The Morgan fingerprint density at radius 3 is 1.86 bits per heavy atom. The second kappa shape index (κ2) is 7.97. The first kappa shape index (κ1) is 20.2. The molecule has 0 saturated heterocycles. The highest BCUT2D eigenvalue weighted by Crippen LogP contribution is 2.40. The molecule has 0 fully saturated rings. The molecule has 0 aromatic heterocycles. The van der Waals surface area contributed by atoms with Gasteiger partial charge in [0.1, 0.15) is 14.7 Å². The van der Waals surface area contributed by atoms with Crippen molar-refractivity contribution >= 4 is 14.0 Å². The zero-order valence-corrected chi connectivity index (χ0v) is 15.4. The van der Waals surface area contributed by atoms with Gasteiger partial charge in [-0.2, -0.15) is 0 Å². The molecule has 0 amide bonds. The van der Waals surface area contributed by atoms with Crippen molar-refractivity contribution in [3.8, 4) is 11.5 Å². The molecular weight excluding hydrogens is 284 g/mol. The van der Waals surface area contributed by atoms with E-state index in [1.165, 1.54) is 6.92 Å². The summed E-state index contributed by atoms with van der Waals surface area (Å²) in [4.78, 5) is 10.9. The topological polar surface area (TPSA) is 66.8 Å². The van der Waals surface area contributed by atoms with Gasteiger partial charge in [0.2, 0.25) is 0 Å². The van der Waals surface area contributed by atoms with Gasteiger partial charge in [0.15, 0.2) is 5.60 Å². The van der Waals surface area contributed by atoms with Crippen molar-refractivity contribution in [2.45, 2.75) is 70.7 Å². The smallest absolute Gasteiger partial charge is 0.302 e. The molecule has 5 heteroatoms. The van der Waals surface area contributed by atoms with Crippen molar-refractivity contribution < 1.29 is 19.7 Å². The van der Waals surface area contributed by atoms with E-state index < -0.39 is 26.3 Å². The van der Waals surface area contributed by atoms with Crippen LogP contribution in [0.1, 0.15) is 48.5 Å². The van der Waals surface area contributed by atoms with Gasteiger partial charge in [0.05, 0.1) is 6.61 Å². The average Bonchev–Trinajstić information content (AvgIpc) is 2.35. The van der Waals surface area contributed by atoms with Crippen molar-refractivity contribution in [3.05, 3.63) is 0 Å². The van der Waals surface area contributed by atoms with Crippen LogP contribution < -0.4 is 0 Å². The number of hydrogen-bond donors (Lipinski definition) is 2. The van der Waals surface area contributed by atoms with Crippen molar-refractivity contribution in [1.82, 2.24) is 0 Å². The molecule has 0 radical (unpaired) electrons. The van der Waals surface area contributed by atoms with E-state index in [9.17, 15) is 15.0 Å². The van der Waals surface area contributed by atoms with Crippen molar-refractivity contribution in [2.75, 3.05) is 13.2 Å². The standard InChI is InChI=1S/C16H30O4Si/c1-12(2)21(13(3)4,14(5)6)9-8-16(19,10-17)11-20-15(7)18/h12-14,17,19H,10-11H2,1-7H3/t16-/m1/s1. The number of hydrogen-bond acceptors (Lipinski definition) is 4. The van der Waals surface area contributed by atoms with Crippen molar-refractivity contribution in [1.29, 1.82) is 0 Å². The van der Waals surface area contributed by atoms with E-state index in [-0.39, 0.29) is 6.61 Å². The molecule has 21 heavy (non-hydrogen) atoms. The van der Waals surface area contributed by atoms with Gasteiger partial charge in [0, 0.05) is 6.92 Å². The fourth-order valence-corrected chi connectivity index (χ4v) is 8.32. The third-order valence-electron chi connectivity index (χ3n) is 4.15. The van der Waals surface area contributed by atoms with E-state index in [1.54, 1.807) is 0 Å². The Labute approximate surface area is 129 Å². The van der Waals surface area contributed by atoms with Crippen LogP contribution in [0.15, 0.2) is 0 Å². The second-order valence-electron chi connectivity index (χ2n) is 6.62. The van der Waals surface area contributed by atoms with Gasteiger partial charge >= 0.3 is 5.97 Å². The second-order valence-corrected chi connectivity index (χ2v) is 12.2. The summed E-state index contributed by atoms with van der Waals surface area (Å²) in [6, 6.07) is 0. The predicted molar refractivity (Wildman–Crippen MR) is 87.5 cm³/mol. The molecule has 2 N–H and O–H groups in total. The monoisotopic (exact) mass is 314 g/mol. The molecule has 0 rings (SSSR count). The third-order valence-corrected chi connectivity index (χ3v) is 10.4. The molecule has 0 aliphatic heterocycles. The number of aliphatic hydroxyl groups is 2. The van der Waals surface area contributed by atoms with Gasteiger partial charge < -0.3 is 14.9 Å². The van der Waals surface area contributed by atoms with Crippen LogP contribution in [0.5, 0.6) is 0 Å². The summed E-state index contributed by atoms with van der Waals surface area (Å²) in [6.07, 6.45) is 0. The molecule has 0 unspecified atom stereocenters. The Bertz CT molecular complexity index is 384. The van der Waals surface area contributed by atoms with Gasteiger partial charge in [-0.05, 0) is 16.6 Å². The predicted octanol–water partition coefficient (Wildman–Crippen LogP) is 2.49. The van der Waals surface area contributed by atoms with Gasteiger partial charge in [0.25, 0.3) is 0 Å². The summed E-state index contributed by atoms with van der Waals surface area (Å²) < 4.78 is 4.81. The highest BCUT2D eigenvalue weighted by atomic mass is 28.3. The summed E-state index contributed by atoms with van der Waals surface area (Å²) >= 11 is 0. The third kappa shape index (κ3) is 5.13. The number of carbonyl (C=O) groups is 1. The molecule has 1 atom stereocenters. The average molecular weight is 314 g/mol. The van der Waals surface area contributed by atoms with Crippen LogP contribution in [0.3, 0.4) is 0 Å². The number of rotatable bonds is 6. The van der Waals surface area contributed by atoms with Gasteiger partial charge in [-0.1, -0.05) is 47.5 Å². The zero-order chi connectivity index (χ0) is 16.8. The Kier molecular flexibility index (Phi) is 7.66. The summed E-state index contributed by atoms with van der Waals surface area (Å²) in [5, 5.41) is 19.7. The lowest BCUT2D eigenvalue weighted by molar-refractivity contribution is -0.147. The highest BCUT2D eigenvalue weighted by molar-refractivity contribution is 6.90. The van der Waals surface area contributed by atoms with Gasteiger partial charge in [-0.25, -0.2) is 0 Å².